The fourth-order valence-corrected chi connectivity index (χ4v) is 3.24. The van der Waals surface area contributed by atoms with Crippen molar-refractivity contribution < 1.29 is 9.53 Å². The summed E-state index contributed by atoms with van der Waals surface area (Å²) in [6.45, 7) is 16.3. The van der Waals surface area contributed by atoms with Gasteiger partial charge in [-0.2, -0.15) is 0 Å². The third-order valence-corrected chi connectivity index (χ3v) is 3.46. The molecule has 1 rings (SSSR count). The summed E-state index contributed by atoms with van der Waals surface area (Å²) in [7, 11) is 0. The predicted molar refractivity (Wildman–Crippen MR) is 87.1 cm³/mol. The molecule has 0 bridgehead atoms. The monoisotopic (exact) mass is 296 g/mol. The first-order valence-corrected chi connectivity index (χ1v) is 7.79. The molecule has 0 aromatic carbocycles. The summed E-state index contributed by atoms with van der Waals surface area (Å²) in [6, 6.07) is 0.259. The van der Waals surface area contributed by atoms with Crippen LogP contribution in [0.4, 0.5) is 0 Å². The second-order valence-corrected chi connectivity index (χ2v) is 8.35. The van der Waals surface area contributed by atoms with Crippen LogP contribution in [0.3, 0.4) is 0 Å². The Morgan fingerprint density at radius 1 is 1.19 bits per heavy atom. The first kappa shape index (κ1) is 18.0. The smallest absolute Gasteiger partial charge is 0.354 e. The van der Waals surface area contributed by atoms with E-state index in [4.69, 9.17) is 4.74 Å². The van der Waals surface area contributed by atoms with Crippen molar-refractivity contribution in [3.8, 4) is 0 Å². The van der Waals surface area contributed by atoms with Crippen LogP contribution in [0.25, 0.3) is 0 Å². The van der Waals surface area contributed by atoms with E-state index in [1.807, 2.05) is 27.7 Å². The molecule has 1 aliphatic rings. The first-order valence-electron chi connectivity index (χ1n) is 7.79. The van der Waals surface area contributed by atoms with Crippen LogP contribution in [0.5, 0.6) is 0 Å². The average molecular weight is 296 g/mol. The summed E-state index contributed by atoms with van der Waals surface area (Å²) >= 11 is 0. The van der Waals surface area contributed by atoms with Crippen LogP contribution in [-0.2, 0) is 9.53 Å². The van der Waals surface area contributed by atoms with Crippen LogP contribution in [0, 0.1) is 0 Å². The Kier molecular flexibility index (Phi) is 5.14. The van der Waals surface area contributed by atoms with Crippen molar-refractivity contribution in [1.82, 2.24) is 10.6 Å². The second kappa shape index (κ2) is 5.99. The minimum Gasteiger partial charge on any atom is -0.455 e. The van der Waals surface area contributed by atoms with Gasteiger partial charge in [-0.1, -0.05) is 6.08 Å². The van der Waals surface area contributed by atoms with Gasteiger partial charge in [0.05, 0.1) is 0 Å². The number of hydrogen-bond acceptors (Lipinski definition) is 4. The third-order valence-electron chi connectivity index (χ3n) is 3.46. The Morgan fingerprint density at radius 3 is 2.05 bits per heavy atom. The molecular weight excluding hydrogens is 264 g/mol. The maximum absolute atomic E-state index is 12.2. The Balaban J connectivity index is 2.76. The molecule has 0 aromatic rings. The highest BCUT2D eigenvalue weighted by atomic mass is 16.6. The predicted octanol–water partition coefficient (Wildman–Crippen LogP) is 3.13. The van der Waals surface area contributed by atoms with Gasteiger partial charge in [0.15, 0.2) is 0 Å². The molecule has 4 heteroatoms. The molecule has 0 spiro atoms. The Labute approximate surface area is 129 Å². The molecule has 122 valence electrons. The molecule has 2 N–H and O–H groups in total. The standard InChI is InChI=1S/C17H32N2O2/c1-9-13(14(20)21-15(2,3)4)18-12-10-16(5,6)19-17(7,8)11-12/h9,12,18-19H,10-11H2,1-8H3. The number of rotatable bonds is 3. The minimum atomic E-state index is -0.473. The lowest BCUT2D eigenvalue weighted by atomic mass is 9.79. The van der Waals surface area contributed by atoms with E-state index in [2.05, 4.69) is 38.3 Å². The van der Waals surface area contributed by atoms with Gasteiger partial charge in [-0.25, -0.2) is 4.79 Å². The lowest BCUT2D eigenvalue weighted by molar-refractivity contribution is -0.150. The summed E-state index contributed by atoms with van der Waals surface area (Å²) in [6.07, 6.45) is 3.74. The quantitative estimate of drug-likeness (QED) is 0.620. The topological polar surface area (TPSA) is 50.4 Å². The van der Waals surface area contributed by atoms with Gasteiger partial charge < -0.3 is 15.4 Å². The first-order chi connectivity index (χ1) is 9.34. The van der Waals surface area contributed by atoms with Gasteiger partial charge in [-0.15, -0.1) is 0 Å². The lowest BCUT2D eigenvalue weighted by Gasteiger charge is -2.47. The highest BCUT2D eigenvalue weighted by Gasteiger charge is 2.38. The van der Waals surface area contributed by atoms with Crippen LogP contribution >= 0.6 is 0 Å². The van der Waals surface area contributed by atoms with Crippen LogP contribution in [0.1, 0.15) is 68.2 Å². The third kappa shape index (κ3) is 6.08. The van der Waals surface area contributed by atoms with Crippen molar-refractivity contribution in [2.75, 3.05) is 0 Å². The van der Waals surface area contributed by atoms with E-state index in [0.29, 0.717) is 5.70 Å². The SMILES string of the molecule is CC=C(NC1CC(C)(C)NC(C)(C)C1)C(=O)OC(C)(C)C. The van der Waals surface area contributed by atoms with Gasteiger partial charge in [-0.3, -0.25) is 0 Å². The molecule has 0 radical (unpaired) electrons. The molecule has 1 saturated heterocycles. The zero-order valence-corrected chi connectivity index (χ0v) is 14.9. The van der Waals surface area contributed by atoms with Crippen LogP contribution in [0.15, 0.2) is 11.8 Å². The highest BCUT2D eigenvalue weighted by Crippen LogP contribution is 2.29. The fourth-order valence-electron chi connectivity index (χ4n) is 3.24. The van der Waals surface area contributed by atoms with Gasteiger partial charge in [0.25, 0.3) is 0 Å². The van der Waals surface area contributed by atoms with Gasteiger partial charge in [0, 0.05) is 17.1 Å². The summed E-state index contributed by atoms with van der Waals surface area (Å²) in [5, 5.41) is 7.03. The molecule has 21 heavy (non-hydrogen) atoms. The number of hydrogen-bond donors (Lipinski definition) is 2. The largest absolute Gasteiger partial charge is 0.455 e. The highest BCUT2D eigenvalue weighted by molar-refractivity contribution is 5.88. The maximum Gasteiger partial charge on any atom is 0.354 e. The van der Waals surface area contributed by atoms with Crippen LogP contribution in [-0.4, -0.2) is 28.7 Å². The van der Waals surface area contributed by atoms with E-state index in [-0.39, 0.29) is 23.1 Å². The summed E-state index contributed by atoms with van der Waals surface area (Å²) < 4.78 is 5.45. The Bertz CT molecular complexity index is 401. The van der Waals surface area contributed by atoms with E-state index < -0.39 is 5.60 Å². The van der Waals surface area contributed by atoms with Crippen LogP contribution in [0.2, 0.25) is 0 Å². The number of nitrogens with one attached hydrogen (secondary N) is 2. The summed E-state index contributed by atoms with van der Waals surface area (Å²) in [5.41, 5.74) is 0.182. The fraction of sp³-hybridized carbons (Fsp3) is 0.824. The maximum atomic E-state index is 12.2. The van der Waals surface area contributed by atoms with Gasteiger partial charge >= 0.3 is 5.97 Å². The normalized spacial score (nSPS) is 22.8. The van der Waals surface area contributed by atoms with E-state index in [0.717, 1.165) is 12.8 Å². The molecule has 0 saturated carbocycles. The number of esters is 1. The molecule has 1 fully saturated rings. The number of piperidine rings is 1. The molecule has 0 unspecified atom stereocenters. The number of ether oxygens (including phenoxy) is 1. The van der Waals surface area contributed by atoms with Crippen molar-refractivity contribution in [3.63, 3.8) is 0 Å². The van der Waals surface area contributed by atoms with E-state index in [1.165, 1.54) is 0 Å². The van der Waals surface area contributed by atoms with Gasteiger partial charge in [0.1, 0.15) is 11.3 Å². The number of allylic oxidation sites excluding steroid dienone is 1. The molecule has 0 aliphatic carbocycles. The minimum absolute atomic E-state index is 0.0478. The van der Waals surface area contributed by atoms with Crippen molar-refractivity contribution in [3.05, 3.63) is 11.8 Å². The summed E-state index contributed by atoms with van der Waals surface area (Å²) in [4.78, 5) is 12.2. The van der Waals surface area contributed by atoms with Crippen molar-refractivity contribution in [1.29, 1.82) is 0 Å². The Morgan fingerprint density at radius 2 is 1.67 bits per heavy atom. The van der Waals surface area contributed by atoms with E-state index >= 15 is 0 Å². The molecule has 0 amide bonds. The second-order valence-electron chi connectivity index (χ2n) is 8.35. The summed E-state index contributed by atoms with van der Waals surface area (Å²) in [5.74, 6) is -0.279. The molecule has 4 nitrogen and oxygen atoms in total. The molecule has 1 heterocycles. The average Bonchev–Trinajstić information content (AvgIpc) is 2.18. The van der Waals surface area contributed by atoms with E-state index in [9.17, 15) is 4.79 Å². The molecular formula is C17H32N2O2. The molecule has 0 atom stereocenters. The van der Waals surface area contributed by atoms with Gasteiger partial charge in [0.2, 0.25) is 0 Å². The van der Waals surface area contributed by atoms with Crippen molar-refractivity contribution in [2.24, 2.45) is 0 Å². The van der Waals surface area contributed by atoms with Gasteiger partial charge in [-0.05, 0) is 68.2 Å². The van der Waals surface area contributed by atoms with Crippen molar-refractivity contribution >= 4 is 5.97 Å². The zero-order chi connectivity index (χ0) is 16.5. The van der Waals surface area contributed by atoms with E-state index in [1.54, 1.807) is 6.08 Å². The van der Waals surface area contributed by atoms with Crippen LogP contribution < -0.4 is 10.6 Å². The Hall–Kier alpha value is -1.03. The lowest BCUT2D eigenvalue weighted by Crippen LogP contribution is -2.61. The molecule has 1 aliphatic heterocycles. The zero-order valence-electron chi connectivity index (χ0n) is 14.9. The molecule has 0 aromatic heterocycles. The number of carbonyl (C=O) groups excluding carboxylic acids is 1. The number of carbonyl (C=O) groups is 1. The van der Waals surface area contributed by atoms with Crippen molar-refractivity contribution in [2.45, 2.75) is 91.0 Å².